The van der Waals surface area contributed by atoms with Gasteiger partial charge in [-0.1, -0.05) is 49.2 Å². The summed E-state index contributed by atoms with van der Waals surface area (Å²) in [5.74, 6) is 0.787. The van der Waals surface area contributed by atoms with Crippen LogP contribution in [0, 0.1) is 0 Å². The molecule has 0 aliphatic rings. The Labute approximate surface area is 125 Å². The zero-order valence-electron chi connectivity index (χ0n) is 11.7. The van der Waals surface area contributed by atoms with Crippen LogP contribution in [0.15, 0.2) is 48.5 Å². The molecule has 2 aromatic carbocycles. The number of aromatic nitrogens is 1. The molecule has 0 N–H and O–H groups in total. The Balaban J connectivity index is 1.91. The number of nitrogens with zero attached hydrogens (tertiary/aromatic N) is 1. The summed E-state index contributed by atoms with van der Waals surface area (Å²) in [5, 5.41) is 2.73. The van der Waals surface area contributed by atoms with Crippen molar-refractivity contribution in [1.82, 2.24) is 4.57 Å². The number of aryl methyl sites for hydroxylation is 1. The zero-order valence-corrected chi connectivity index (χ0v) is 12.4. The van der Waals surface area contributed by atoms with Gasteiger partial charge in [0.2, 0.25) is 0 Å². The molecule has 0 spiro atoms. The minimum Gasteiger partial charge on any atom is -0.340 e. The molecule has 1 aromatic heterocycles. The van der Waals surface area contributed by atoms with Crippen LogP contribution in [0.25, 0.3) is 21.8 Å². The highest BCUT2D eigenvalue weighted by atomic mass is 35.5. The highest BCUT2D eigenvalue weighted by molar-refractivity contribution is 6.17. The fourth-order valence-electron chi connectivity index (χ4n) is 2.96. The SMILES string of the molecule is ClCCCCCCn1c2ccccc2c2ccccc21. The molecule has 2 heteroatoms. The van der Waals surface area contributed by atoms with Gasteiger partial charge in [-0.3, -0.25) is 0 Å². The van der Waals surface area contributed by atoms with Crippen molar-refractivity contribution in [3.63, 3.8) is 0 Å². The van der Waals surface area contributed by atoms with E-state index < -0.39 is 0 Å². The van der Waals surface area contributed by atoms with Crippen LogP contribution in [0.1, 0.15) is 25.7 Å². The molecular weight excluding hydrogens is 266 g/mol. The normalized spacial score (nSPS) is 11.4. The monoisotopic (exact) mass is 285 g/mol. The van der Waals surface area contributed by atoms with E-state index in [0.29, 0.717) is 0 Å². The van der Waals surface area contributed by atoms with E-state index in [1.54, 1.807) is 0 Å². The predicted molar refractivity (Wildman–Crippen MR) is 88.6 cm³/mol. The van der Waals surface area contributed by atoms with E-state index in [4.69, 9.17) is 11.6 Å². The van der Waals surface area contributed by atoms with Crippen LogP contribution in [0.3, 0.4) is 0 Å². The summed E-state index contributed by atoms with van der Waals surface area (Å²) < 4.78 is 2.46. The fourth-order valence-corrected chi connectivity index (χ4v) is 3.15. The molecule has 1 heterocycles. The van der Waals surface area contributed by atoms with Gasteiger partial charge in [-0.2, -0.15) is 0 Å². The van der Waals surface area contributed by atoms with Crippen LogP contribution < -0.4 is 0 Å². The molecule has 104 valence electrons. The molecule has 0 amide bonds. The first-order valence-electron chi connectivity index (χ1n) is 7.44. The average Bonchev–Trinajstić information content (AvgIpc) is 2.82. The van der Waals surface area contributed by atoms with Crippen LogP contribution in [0.2, 0.25) is 0 Å². The molecule has 0 aliphatic heterocycles. The second-order valence-corrected chi connectivity index (χ2v) is 5.67. The first-order chi connectivity index (χ1) is 9.92. The van der Waals surface area contributed by atoms with E-state index in [-0.39, 0.29) is 0 Å². The lowest BCUT2D eigenvalue weighted by atomic mass is 10.2. The summed E-state index contributed by atoms with van der Waals surface area (Å²) in [4.78, 5) is 0. The van der Waals surface area contributed by atoms with Gasteiger partial charge < -0.3 is 4.57 Å². The van der Waals surface area contributed by atoms with Gasteiger partial charge in [0.15, 0.2) is 0 Å². The highest BCUT2D eigenvalue weighted by Gasteiger charge is 2.08. The van der Waals surface area contributed by atoms with Gasteiger partial charge in [0.25, 0.3) is 0 Å². The van der Waals surface area contributed by atoms with E-state index >= 15 is 0 Å². The molecule has 0 atom stereocenters. The lowest BCUT2D eigenvalue weighted by molar-refractivity contribution is 0.603. The minimum atomic E-state index is 0.787. The van der Waals surface area contributed by atoms with Gasteiger partial charge >= 0.3 is 0 Å². The number of benzene rings is 2. The smallest absolute Gasteiger partial charge is 0.0491 e. The highest BCUT2D eigenvalue weighted by Crippen LogP contribution is 2.29. The molecule has 0 aliphatic carbocycles. The number of alkyl halides is 1. The maximum absolute atomic E-state index is 5.73. The lowest BCUT2D eigenvalue weighted by Gasteiger charge is -2.07. The summed E-state index contributed by atoms with van der Waals surface area (Å²) in [6.45, 7) is 1.09. The Morgan fingerprint density at radius 1 is 0.700 bits per heavy atom. The first-order valence-corrected chi connectivity index (χ1v) is 7.97. The summed E-state index contributed by atoms with van der Waals surface area (Å²) in [6, 6.07) is 17.4. The molecule has 0 unspecified atom stereocenters. The van der Waals surface area contributed by atoms with Crippen LogP contribution in [0.5, 0.6) is 0 Å². The Hall–Kier alpha value is -1.47. The molecule has 0 radical (unpaired) electrons. The number of rotatable bonds is 6. The predicted octanol–water partition coefficient (Wildman–Crippen LogP) is 5.59. The molecule has 1 nitrogen and oxygen atoms in total. The third kappa shape index (κ3) is 2.55. The maximum Gasteiger partial charge on any atom is 0.0491 e. The van der Waals surface area contributed by atoms with Crippen molar-refractivity contribution in [3.8, 4) is 0 Å². The summed E-state index contributed by atoms with van der Waals surface area (Å²) in [5.41, 5.74) is 2.71. The summed E-state index contributed by atoms with van der Waals surface area (Å²) >= 11 is 5.73. The van der Waals surface area contributed by atoms with Crippen molar-refractivity contribution in [1.29, 1.82) is 0 Å². The van der Waals surface area contributed by atoms with Crippen LogP contribution in [-0.2, 0) is 6.54 Å². The van der Waals surface area contributed by atoms with Crippen molar-refractivity contribution in [3.05, 3.63) is 48.5 Å². The topological polar surface area (TPSA) is 4.93 Å². The molecule has 3 rings (SSSR count). The van der Waals surface area contributed by atoms with E-state index in [0.717, 1.165) is 18.8 Å². The molecule has 0 saturated heterocycles. The number of fused-ring (bicyclic) bond motifs is 3. The average molecular weight is 286 g/mol. The minimum absolute atomic E-state index is 0.787. The van der Waals surface area contributed by atoms with Crippen molar-refractivity contribution in [2.24, 2.45) is 0 Å². The van der Waals surface area contributed by atoms with Crippen molar-refractivity contribution >= 4 is 33.4 Å². The first kappa shape index (κ1) is 13.5. The number of hydrogen-bond donors (Lipinski definition) is 0. The largest absolute Gasteiger partial charge is 0.340 e. The number of halogens is 1. The van der Waals surface area contributed by atoms with Crippen molar-refractivity contribution in [2.45, 2.75) is 32.2 Å². The molecule has 0 saturated carbocycles. The molecule has 3 aromatic rings. The second kappa shape index (κ2) is 6.32. The standard InChI is InChI=1S/C18H20ClN/c19-13-7-1-2-8-14-20-17-11-5-3-9-15(17)16-10-4-6-12-18(16)20/h3-6,9-12H,1-2,7-8,13-14H2. The molecular formula is C18H20ClN. The van der Waals surface area contributed by atoms with Crippen LogP contribution in [0.4, 0.5) is 0 Å². The van der Waals surface area contributed by atoms with Crippen molar-refractivity contribution in [2.75, 3.05) is 5.88 Å². The molecule has 0 bridgehead atoms. The number of para-hydroxylation sites is 2. The van der Waals surface area contributed by atoms with E-state index in [1.807, 2.05) is 0 Å². The van der Waals surface area contributed by atoms with Gasteiger partial charge in [-0.15, -0.1) is 11.6 Å². The van der Waals surface area contributed by atoms with Crippen molar-refractivity contribution < 1.29 is 0 Å². The third-order valence-electron chi connectivity index (χ3n) is 3.95. The summed E-state index contributed by atoms with van der Waals surface area (Å²) in [7, 11) is 0. The molecule has 0 fully saturated rings. The van der Waals surface area contributed by atoms with Gasteiger partial charge in [0, 0.05) is 34.2 Å². The Bertz CT molecular complexity index is 646. The van der Waals surface area contributed by atoms with Crippen LogP contribution in [-0.4, -0.2) is 10.4 Å². The third-order valence-corrected chi connectivity index (χ3v) is 4.21. The lowest BCUT2D eigenvalue weighted by Crippen LogP contribution is -1.97. The quantitative estimate of drug-likeness (QED) is 0.411. The Morgan fingerprint density at radius 3 is 1.85 bits per heavy atom. The Morgan fingerprint density at radius 2 is 1.25 bits per heavy atom. The van der Waals surface area contributed by atoms with Crippen LogP contribution >= 0.6 is 11.6 Å². The van der Waals surface area contributed by atoms with Gasteiger partial charge in [0.05, 0.1) is 0 Å². The van der Waals surface area contributed by atoms with Gasteiger partial charge in [0.1, 0.15) is 0 Å². The fraction of sp³-hybridized carbons (Fsp3) is 0.333. The van der Waals surface area contributed by atoms with E-state index in [9.17, 15) is 0 Å². The van der Waals surface area contributed by atoms with Gasteiger partial charge in [-0.05, 0) is 25.0 Å². The Kier molecular flexibility index (Phi) is 4.27. The summed E-state index contributed by atoms with van der Waals surface area (Å²) in [6.07, 6.45) is 4.85. The second-order valence-electron chi connectivity index (χ2n) is 5.29. The zero-order chi connectivity index (χ0) is 13.8. The van der Waals surface area contributed by atoms with Gasteiger partial charge in [-0.25, -0.2) is 0 Å². The van der Waals surface area contributed by atoms with E-state index in [2.05, 4.69) is 53.1 Å². The number of hydrogen-bond acceptors (Lipinski definition) is 0. The molecule has 20 heavy (non-hydrogen) atoms. The maximum atomic E-state index is 5.73. The number of unbranched alkanes of at least 4 members (excludes halogenated alkanes) is 3. The van der Waals surface area contributed by atoms with E-state index in [1.165, 1.54) is 41.1 Å².